The molecular formula is C21H19IN2O5S. The molecule has 0 saturated carbocycles. The summed E-state index contributed by atoms with van der Waals surface area (Å²) in [7, 11) is 4.91. The number of carboxylic acid groups (broad SMARTS) is 1. The van der Waals surface area contributed by atoms with Gasteiger partial charge in [-0.05, 0) is 75.8 Å². The molecule has 1 heterocycles. The Bertz CT molecular complexity index is 1050. The number of hydrogen-bond acceptors (Lipinski definition) is 6. The third-order valence-electron chi connectivity index (χ3n) is 4.33. The van der Waals surface area contributed by atoms with Gasteiger partial charge in [0.25, 0.3) is 5.91 Å². The number of carbonyl (C=O) groups excluding carboxylic acids is 1. The summed E-state index contributed by atoms with van der Waals surface area (Å²) in [4.78, 5) is 29.6. The van der Waals surface area contributed by atoms with E-state index in [1.807, 2.05) is 12.1 Å². The molecule has 0 spiro atoms. The van der Waals surface area contributed by atoms with Crippen LogP contribution in [-0.2, 0) is 11.4 Å². The van der Waals surface area contributed by atoms with Gasteiger partial charge in [-0.2, -0.15) is 0 Å². The monoisotopic (exact) mass is 538 g/mol. The van der Waals surface area contributed by atoms with Gasteiger partial charge in [0.15, 0.2) is 16.7 Å². The van der Waals surface area contributed by atoms with E-state index in [0.717, 1.165) is 14.7 Å². The largest absolute Gasteiger partial charge is 0.493 e. The molecule has 1 aliphatic rings. The van der Waals surface area contributed by atoms with Crippen molar-refractivity contribution in [2.45, 2.75) is 6.61 Å². The molecule has 0 unspecified atom stereocenters. The van der Waals surface area contributed by atoms with Gasteiger partial charge >= 0.3 is 5.97 Å². The van der Waals surface area contributed by atoms with E-state index in [-0.39, 0.29) is 18.1 Å². The molecule has 0 radical (unpaired) electrons. The van der Waals surface area contributed by atoms with Crippen molar-refractivity contribution in [2.75, 3.05) is 21.2 Å². The van der Waals surface area contributed by atoms with Crippen molar-refractivity contribution in [3.8, 4) is 11.5 Å². The molecule has 7 nitrogen and oxygen atoms in total. The molecule has 30 heavy (non-hydrogen) atoms. The van der Waals surface area contributed by atoms with Crippen LogP contribution < -0.4 is 9.47 Å². The number of benzene rings is 2. The first kappa shape index (κ1) is 22.2. The van der Waals surface area contributed by atoms with Crippen molar-refractivity contribution >= 4 is 57.5 Å². The van der Waals surface area contributed by atoms with Crippen LogP contribution >= 0.6 is 34.4 Å². The summed E-state index contributed by atoms with van der Waals surface area (Å²) in [5.74, 6) is 0.0653. The standard InChI is InChI=1S/C21H19IN2O5S/c1-23-21-24(2)19(25)17(30-21)10-13-8-15(22)18(16(9-13)28-3)29-11-12-4-6-14(7-5-12)20(26)27/h4-10H,11H2,1-3H3,(H,26,27)/b17-10+,23-21?. The molecule has 2 aromatic rings. The zero-order chi connectivity index (χ0) is 21.8. The Morgan fingerprint density at radius 1 is 1.30 bits per heavy atom. The number of carbonyl (C=O) groups is 2. The third-order valence-corrected chi connectivity index (χ3v) is 6.28. The number of likely N-dealkylation sites (N-methyl/N-ethyl adjacent to an activating group) is 1. The topological polar surface area (TPSA) is 88.4 Å². The minimum atomic E-state index is -0.967. The minimum absolute atomic E-state index is 0.0975. The van der Waals surface area contributed by atoms with Gasteiger partial charge in [0, 0.05) is 14.1 Å². The Balaban J connectivity index is 1.81. The van der Waals surface area contributed by atoms with Crippen molar-refractivity contribution in [2.24, 2.45) is 4.99 Å². The minimum Gasteiger partial charge on any atom is -0.493 e. The van der Waals surface area contributed by atoms with Crippen LogP contribution in [0.1, 0.15) is 21.5 Å². The van der Waals surface area contributed by atoms with Gasteiger partial charge in [-0.25, -0.2) is 4.79 Å². The third kappa shape index (κ3) is 4.78. The predicted molar refractivity (Wildman–Crippen MR) is 125 cm³/mol. The van der Waals surface area contributed by atoms with Crippen LogP contribution in [0, 0.1) is 3.57 Å². The number of halogens is 1. The Morgan fingerprint density at radius 3 is 2.57 bits per heavy atom. The molecule has 0 bridgehead atoms. The molecule has 9 heteroatoms. The normalized spacial score (nSPS) is 16.4. The van der Waals surface area contributed by atoms with Gasteiger partial charge < -0.3 is 14.6 Å². The van der Waals surface area contributed by atoms with E-state index in [1.165, 1.54) is 16.7 Å². The summed E-state index contributed by atoms with van der Waals surface area (Å²) in [6, 6.07) is 10.2. The second kappa shape index (κ2) is 9.52. The number of thioether (sulfide) groups is 1. The first-order valence-electron chi connectivity index (χ1n) is 8.81. The molecule has 0 aliphatic carbocycles. The Hall–Kier alpha value is -2.53. The average molecular weight is 538 g/mol. The molecular weight excluding hydrogens is 519 g/mol. The molecule has 2 aromatic carbocycles. The van der Waals surface area contributed by atoms with E-state index in [2.05, 4.69) is 27.6 Å². The summed E-state index contributed by atoms with van der Waals surface area (Å²) < 4.78 is 12.3. The van der Waals surface area contributed by atoms with E-state index in [0.29, 0.717) is 21.6 Å². The summed E-state index contributed by atoms with van der Waals surface area (Å²) in [6.07, 6.45) is 1.81. The van der Waals surface area contributed by atoms with Gasteiger partial charge in [0.1, 0.15) is 6.61 Å². The van der Waals surface area contributed by atoms with Crippen molar-refractivity contribution < 1.29 is 24.2 Å². The van der Waals surface area contributed by atoms with Crippen molar-refractivity contribution in [1.82, 2.24) is 4.90 Å². The summed E-state index contributed by atoms with van der Waals surface area (Å²) in [5.41, 5.74) is 1.88. The lowest BCUT2D eigenvalue weighted by molar-refractivity contribution is -0.121. The van der Waals surface area contributed by atoms with Crippen molar-refractivity contribution in [3.63, 3.8) is 0 Å². The van der Waals surface area contributed by atoms with Crippen molar-refractivity contribution in [1.29, 1.82) is 0 Å². The first-order chi connectivity index (χ1) is 14.3. The van der Waals surface area contributed by atoms with Gasteiger partial charge in [0.05, 0.1) is 21.1 Å². The predicted octanol–water partition coefficient (Wildman–Crippen LogP) is 4.11. The van der Waals surface area contributed by atoms with E-state index in [1.54, 1.807) is 51.5 Å². The van der Waals surface area contributed by atoms with Crippen LogP contribution in [0.4, 0.5) is 0 Å². The SMILES string of the molecule is CN=C1S/C(=C/c2cc(I)c(OCc3ccc(C(=O)O)cc3)c(OC)c2)C(=O)N1C. The maximum Gasteiger partial charge on any atom is 0.335 e. The first-order valence-corrected chi connectivity index (χ1v) is 10.7. The van der Waals surface area contributed by atoms with Crippen LogP contribution in [0.2, 0.25) is 0 Å². The summed E-state index contributed by atoms with van der Waals surface area (Å²) in [5, 5.41) is 9.65. The highest BCUT2D eigenvalue weighted by atomic mass is 127. The number of methoxy groups -OCH3 is 1. The zero-order valence-electron chi connectivity index (χ0n) is 16.5. The molecule has 3 rings (SSSR count). The molecule has 1 aliphatic heterocycles. The number of rotatable bonds is 6. The number of hydrogen-bond donors (Lipinski definition) is 1. The molecule has 1 fully saturated rings. The van der Waals surface area contributed by atoms with E-state index >= 15 is 0 Å². The van der Waals surface area contributed by atoms with Crippen LogP contribution in [-0.4, -0.2) is 48.3 Å². The Labute approximate surface area is 191 Å². The molecule has 1 saturated heterocycles. The maximum atomic E-state index is 12.4. The van der Waals surface area contributed by atoms with Gasteiger partial charge in [0.2, 0.25) is 0 Å². The number of amides is 1. The Morgan fingerprint density at radius 2 is 2.00 bits per heavy atom. The van der Waals surface area contributed by atoms with E-state index in [9.17, 15) is 9.59 Å². The lowest BCUT2D eigenvalue weighted by atomic mass is 10.1. The molecule has 156 valence electrons. The number of aliphatic imine (C=N–C) groups is 1. The fourth-order valence-corrected chi connectivity index (χ4v) is 4.47. The van der Waals surface area contributed by atoms with Crippen LogP contribution in [0.15, 0.2) is 46.3 Å². The summed E-state index contributed by atoms with van der Waals surface area (Å²) in [6.45, 7) is 0.266. The number of amidine groups is 1. The van der Waals surface area contributed by atoms with Gasteiger partial charge in [-0.3, -0.25) is 14.7 Å². The highest BCUT2D eigenvalue weighted by Crippen LogP contribution is 2.37. The second-order valence-electron chi connectivity index (χ2n) is 6.31. The highest BCUT2D eigenvalue weighted by molar-refractivity contribution is 14.1. The van der Waals surface area contributed by atoms with Gasteiger partial charge in [-0.15, -0.1) is 0 Å². The number of aromatic carboxylic acids is 1. The average Bonchev–Trinajstić information content (AvgIpc) is 3.00. The summed E-state index contributed by atoms with van der Waals surface area (Å²) >= 11 is 3.49. The fraction of sp³-hybridized carbons (Fsp3) is 0.190. The molecule has 1 amide bonds. The quantitative estimate of drug-likeness (QED) is 0.440. The highest BCUT2D eigenvalue weighted by Gasteiger charge is 2.29. The van der Waals surface area contributed by atoms with E-state index < -0.39 is 5.97 Å². The maximum absolute atomic E-state index is 12.4. The number of nitrogens with zero attached hydrogens (tertiary/aromatic N) is 2. The number of carboxylic acids is 1. The van der Waals surface area contributed by atoms with Gasteiger partial charge in [-0.1, -0.05) is 12.1 Å². The van der Waals surface area contributed by atoms with Crippen molar-refractivity contribution in [3.05, 3.63) is 61.6 Å². The molecule has 0 atom stereocenters. The van der Waals surface area contributed by atoms with Crippen LogP contribution in [0.3, 0.4) is 0 Å². The zero-order valence-corrected chi connectivity index (χ0v) is 19.5. The fourth-order valence-electron chi connectivity index (χ4n) is 2.76. The lowest BCUT2D eigenvalue weighted by Gasteiger charge is -2.14. The Kier molecular flexibility index (Phi) is 7.03. The van der Waals surface area contributed by atoms with Crippen LogP contribution in [0.25, 0.3) is 6.08 Å². The second-order valence-corrected chi connectivity index (χ2v) is 8.48. The smallest absolute Gasteiger partial charge is 0.335 e. The molecule has 0 aromatic heterocycles. The van der Waals surface area contributed by atoms with Crippen LogP contribution in [0.5, 0.6) is 11.5 Å². The molecule has 1 N–H and O–H groups in total. The number of ether oxygens (including phenoxy) is 2. The van der Waals surface area contributed by atoms with E-state index in [4.69, 9.17) is 14.6 Å². The lowest BCUT2D eigenvalue weighted by Crippen LogP contribution is -2.23.